The summed E-state index contributed by atoms with van der Waals surface area (Å²) < 4.78 is 11.3. The molecule has 0 bridgehead atoms. The van der Waals surface area contributed by atoms with E-state index in [9.17, 15) is 4.79 Å². The lowest BCUT2D eigenvalue weighted by Gasteiger charge is -2.16. The van der Waals surface area contributed by atoms with Crippen LogP contribution in [0.5, 0.6) is 11.5 Å². The Labute approximate surface area is 180 Å². The number of ether oxygens (including phenoxy) is 2. The number of amides is 1. The van der Waals surface area contributed by atoms with Gasteiger partial charge < -0.3 is 25.4 Å². The average molecular weight is 494 g/mol. The Kier molecular flexibility index (Phi) is 6.61. The molecule has 0 radical (unpaired) electrons. The zero-order valence-corrected chi connectivity index (χ0v) is 17.7. The molecule has 0 fully saturated rings. The third-order valence-electron chi connectivity index (χ3n) is 4.55. The fourth-order valence-corrected chi connectivity index (χ4v) is 3.26. The minimum Gasteiger partial charge on any atom is -0.490 e. The van der Waals surface area contributed by atoms with Crippen LogP contribution < -0.4 is 25.4 Å². The summed E-state index contributed by atoms with van der Waals surface area (Å²) in [6, 6.07) is 13.4. The van der Waals surface area contributed by atoms with E-state index in [0.717, 1.165) is 29.1 Å². The summed E-state index contributed by atoms with van der Waals surface area (Å²) >= 11 is 0. The second-order valence-electron chi connectivity index (χ2n) is 6.45. The highest BCUT2D eigenvalue weighted by Crippen LogP contribution is 2.32. The lowest BCUT2D eigenvalue weighted by atomic mass is 10.2. The molecule has 2 heterocycles. The van der Waals surface area contributed by atoms with Gasteiger partial charge in [-0.3, -0.25) is 9.79 Å². The third-order valence-corrected chi connectivity index (χ3v) is 4.55. The van der Waals surface area contributed by atoms with E-state index in [2.05, 4.69) is 10.3 Å². The quantitative estimate of drug-likeness (QED) is 0.388. The monoisotopic (exact) mass is 494 g/mol. The smallest absolute Gasteiger partial charge is 0.231 e. The molecule has 0 saturated heterocycles. The van der Waals surface area contributed by atoms with Gasteiger partial charge in [-0.25, -0.2) is 0 Å². The average Bonchev–Trinajstić information content (AvgIpc) is 2.83. The number of hydrogen-bond acceptors (Lipinski definition) is 4. The Bertz CT molecular complexity index is 888. The molecule has 8 heteroatoms. The van der Waals surface area contributed by atoms with Gasteiger partial charge in [-0.1, -0.05) is 18.2 Å². The molecular weight excluding hydrogens is 471 g/mol. The molecule has 0 aromatic heterocycles. The minimum absolute atomic E-state index is 0. The lowest BCUT2D eigenvalue weighted by Crippen LogP contribution is -2.31. The number of benzene rings is 2. The van der Waals surface area contributed by atoms with Gasteiger partial charge in [0, 0.05) is 30.4 Å². The van der Waals surface area contributed by atoms with Crippen molar-refractivity contribution in [3.05, 3.63) is 48.0 Å². The van der Waals surface area contributed by atoms with Crippen molar-refractivity contribution in [1.82, 2.24) is 0 Å². The van der Waals surface area contributed by atoms with E-state index in [-0.39, 0.29) is 29.9 Å². The number of carbonyl (C=O) groups excluding carboxylic acids is 1. The van der Waals surface area contributed by atoms with Gasteiger partial charge in [-0.15, -0.1) is 24.0 Å². The third kappa shape index (κ3) is 4.49. The molecule has 3 N–H and O–H groups in total. The number of aliphatic imine (C=N–C) groups is 1. The number of halogens is 1. The largest absolute Gasteiger partial charge is 0.490 e. The molecule has 2 aliphatic rings. The number of carbonyl (C=O) groups is 1. The minimum atomic E-state index is 0. The van der Waals surface area contributed by atoms with Gasteiger partial charge in [0.15, 0.2) is 17.5 Å². The first-order chi connectivity index (χ1) is 13.2. The fourth-order valence-electron chi connectivity index (χ4n) is 3.26. The molecular formula is C20H23IN4O3. The van der Waals surface area contributed by atoms with Crippen molar-refractivity contribution in [3.63, 3.8) is 0 Å². The van der Waals surface area contributed by atoms with E-state index in [1.165, 1.54) is 0 Å². The van der Waals surface area contributed by atoms with E-state index in [1.54, 1.807) is 4.90 Å². The molecule has 148 valence electrons. The summed E-state index contributed by atoms with van der Waals surface area (Å²) in [7, 11) is 0. The zero-order valence-electron chi connectivity index (χ0n) is 15.4. The van der Waals surface area contributed by atoms with Gasteiger partial charge in [0.2, 0.25) is 5.91 Å². The van der Waals surface area contributed by atoms with Crippen LogP contribution in [0.1, 0.15) is 12.0 Å². The lowest BCUT2D eigenvalue weighted by molar-refractivity contribution is -0.117. The van der Waals surface area contributed by atoms with Gasteiger partial charge >= 0.3 is 0 Å². The second-order valence-corrected chi connectivity index (χ2v) is 6.45. The maximum absolute atomic E-state index is 12.2. The summed E-state index contributed by atoms with van der Waals surface area (Å²) in [5.41, 5.74) is 8.80. The van der Waals surface area contributed by atoms with Gasteiger partial charge in [-0.05, 0) is 23.8 Å². The maximum Gasteiger partial charge on any atom is 0.231 e. The van der Waals surface area contributed by atoms with Crippen molar-refractivity contribution >= 4 is 47.2 Å². The molecule has 1 amide bonds. The highest BCUT2D eigenvalue weighted by Gasteiger charge is 2.25. The van der Waals surface area contributed by atoms with Gasteiger partial charge in [-0.2, -0.15) is 0 Å². The predicted octanol–water partition coefficient (Wildman–Crippen LogP) is 2.78. The SMILES string of the molecule is I.NC(=NCCN1C(=O)Cc2ccccc21)Nc1ccc2c(c1)OCCCO2. The van der Waals surface area contributed by atoms with Crippen LogP contribution in [0.15, 0.2) is 47.5 Å². The Morgan fingerprint density at radius 3 is 2.79 bits per heavy atom. The second kappa shape index (κ2) is 9.13. The molecule has 2 aliphatic heterocycles. The predicted molar refractivity (Wildman–Crippen MR) is 120 cm³/mol. The van der Waals surface area contributed by atoms with Crippen molar-refractivity contribution in [2.75, 3.05) is 36.5 Å². The van der Waals surface area contributed by atoms with Crippen molar-refractivity contribution in [3.8, 4) is 11.5 Å². The van der Waals surface area contributed by atoms with Crippen molar-refractivity contribution in [2.45, 2.75) is 12.8 Å². The number of fused-ring (bicyclic) bond motifs is 2. The van der Waals surface area contributed by atoms with Crippen molar-refractivity contribution in [2.24, 2.45) is 10.7 Å². The van der Waals surface area contributed by atoms with Crippen LogP contribution in [0.4, 0.5) is 11.4 Å². The summed E-state index contributed by atoms with van der Waals surface area (Å²) in [4.78, 5) is 18.3. The van der Waals surface area contributed by atoms with Crippen molar-refractivity contribution < 1.29 is 14.3 Å². The number of guanidine groups is 1. The van der Waals surface area contributed by atoms with Crippen LogP contribution in [0, 0.1) is 0 Å². The van der Waals surface area contributed by atoms with Crippen LogP contribution in [-0.4, -0.2) is 38.2 Å². The number of hydrogen-bond donors (Lipinski definition) is 2. The van der Waals surface area contributed by atoms with Gasteiger partial charge in [0.1, 0.15) is 0 Å². The zero-order chi connectivity index (χ0) is 18.6. The first-order valence-corrected chi connectivity index (χ1v) is 9.05. The van der Waals surface area contributed by atoms with Gasteiger partial charge in [0.25, 0.3) is 0 Å². The topological polar surface area (TPSA) is 89.2 Å². The summed E-state index contributed by atoms with van der Waals surface area (Å²) in [6.45, 7) is 2.20. The highest BCUT2D eigenvalue weighted by molar-refractivity contribution is 14.0. The normalized spacial score (nSPS) is 15.5. The number of nitrogens with one attached hydrogen (secondary N) is 1. The van der Waals surface area contributed by atoms with E-state index >= 15 is 0 Å². The maximum atomic E-state index is 12.2. The molecule has 0 aliphatic carbocycles. The number of nitrogens with two attached hydrogens (primary N) is 1. The van der Waals surface area contributed by atoms with Crippen LogP contribution in [0.3, 0.4) is 0 Å². The Hall–Kier alpha value is -2.49. The Morgan fingerprint density at radius 2 is 1.93 bits per heavy atom. The van der Waals surface area contributed by atoms with Crippen LogP contribution in [-0.2, 0) is 11.2 Å². The molecule has 2 aromatic carbocycles. The molecule has 0 spiro atoms. The number of rotatable bonds is 4. The number of para-hydroxylation sites is 1. The van der Waals surface area contributed by atoms with Crippen LogP contribution in [0.2, 0.25) is 0 Å². The summed E-state index contributed by atoms with van der Waals surface area (Å²) in [6.07, 6.45) is 1.31. The van der Waals surface area contributed by atoms with Gasteiger partial charge in [0.05, 0.1) is 26.2 Å². The van der Waals surface area contributed by atoms with Crippen LogP contribution >= 0.6 is 24.0 Å². The first-order valence-electron chi connectivity index (χ1n) is 9.05. The highest BCUT2D eigenvalue weighted by atomic mass is 127. The molecule has 2 aromatic rings. The molecule has 0 atom stereocenters. The first kappa shape index (κ1) is 20.2. The summed E-state index contributed by atoms with van der Waals surface area (Å²) in [5, 5.41) is 3.06. The summed E-state index contributed by atoms with van der Waals surface area (Å²) in [5.74, 6) is 1.83. The fraction of sp³-hybridized carbons (Fsp3) is 0.300. The molecule has 0 unspecified atom stereocenters. The Morgan fingerprint density at radius 1 is 1.14 bits per heavy atom. The Balaban J connectivity index is 0.00000225. The number of anilines is 2. The molecule has 4 rings (SSSR count). The molecule has 0 saturated carbocycles. The van der Waals surface area contributed by atoms with E-state index in [1.807, 2.05) is 42.5 Å². The molecule has 28 heavy (non-hydrogen) atoms. The molecule has 7 nitrogen and oxygen atoms in total. The number of nitrogens with zero attached hydrogens (tertiary/aromatic N) is 2. The van der Waals surface area contributed by atoms with E-state index < -0.39 is 0 Å². The standard InChI is InChI=1S/C20H22N4O3.HI/c21-20(23-15-6-7-17-18(13-15)27-11-3-10-26-17)22-8-9-24-16-5-2-1-4-14(16)12-19(24)25;/h1-2,4-7,13H,3,8-12H2,(H3,21,22,23);1H. The van der Waals surface area contributed by atoms with Crippen molar-refractivity contribution in [1.29, 1.82) is 0 Å². The van der Waals surface area contributed by atoms with E-state index in [0.29, 0.717) is 44.4 Å². The van der Waals surface area contributed by atoms with E-state index in [4.69, 9.17) is 15.2 Å². The van der Waals surface area contributed by atoms with Crippen LogP contribution in [0.25, 0.3) is 0 Å².